The van der Waals surface area contributed by atoms with E-state index < -0.39 is 0 Å². The van der Waals surface area contributed by atoms with E-state index in [4.69, 9.17) is 4.42 Å². The van der Waals surface area contributed by atoms with Crippen molar-refractivity contribution in [3.63, 3.8) is 0 Å². The molecule has 2 N–H and O–H groups in total. The topological polar surface area (TPSA) is 71.3 Å². The van der Waals surface area contributed by atoms with E-state index in [0.29, 0.717) is 12.1 Å². The van der Waals surface area contributed by atoms with Gasteiger partial charge in [-0.2, -0.15) is 0 Å². The van der Waals surface area contributed by atoms with Crippen LogP contribution in [-0.2, 0) is 17.8 Å². The number of furan rings is 1. The average molecular weight is 362 g/mol. The summed E-state index contributed by atoms with van der Waals surface area (Å²) in [4.78, 5) is 23.7. The van der Waals surface area contributed by atoms with E-state index in [1.165, 1.54) is 6.08 Å². The van der Waals surface area contributed by atoms with Crippen molar-refractivity contribution in [2.24, 2.45) is 0 Å². The molecule has 0 unspecified atom stereocenters. The molecule has 0 atom stereocenters. The van der Waals surface area contributed by atoms with E-state index in [0.717, 1.165) is 34.3 Å². The molecule has 0 fully saturated rings. The molecule has 0 bridgehead atoms. The molecular weight excluding hydrogens is 340 g/mol. The van der Waals surface area contributed by atoms with Gasteiger partial charge in [-0.3, -0.25) is 9.59 Å². The summed E-state index contributed by atoms with van der Waals surface area (Å²) in [5.41, 5.74) is 3.28. The van der Waals surface area contributed by atoms with Crippen molar-refractivity contribution in [3.05, 3.63) is 77.1 Å². The first-order valence-corrected chi connectivity index (χ1v) is 8.89. The zero-order valence-corrected chi connectivity index (χ0v) is 15.4. The number of hydrogen-bond acceptors (Lipinski definition) is 3. The number of hydrogen-bond donors (Lipinski definition) is 2. The third-order valence-corrected chi connectivity index (χ3v) is 4.34. The Morgan fingerprint density at radius 1 is 1.07 bits per heavy atom. The van der Waals surface area contributed by atoms with Gasteiger partial charge in [0.25, 0.3) is 5.91 Å². The fourth-order valence-corrected chi connectivity index (χ4v) is 2.89. The minimum absolute atomic E-state index is 0.132. The highest BCUT2D eigenvalue weighted by Crippen LogP contribution is 2.27. The van der Waals surface area contributed by atoms with Crippen LogP contribution >= 0.6 is 0 Å². The van der Waals surface area contributed by atoms with Crippen LogP contribution < -0.4 is 10.6 Å². The van der Waals surface area contributed by atoms with Gasteiger partial charge in [0.05, 0.1) is 0 Å². The van der Waals surface area contributed by atoms with E-state index >= 15 is 0 Å². The zero-order chi connectivity index (χ0) is 19.2. The molecule has 0 spiro atoms. The van der Waals surface area contributed by atoms with Gasteiger partial charge in [-0.15, -0.1) is 0 Å². The van der Waals surface area contributed by atoms with Gasteiger partial charge in [0.1, 0.15) is 11.3 Å². The fourth-order valence-electron chi connectivity index (χ4n) is 2.89. The summed E-state index contributed by atoms with van der Waals surface area (Å²) < 4.78 is 5.83. The number of nitrogens with one attached hydrogen (secondary N) is 2. The summed E-state index contributed by atoms with van der Waals surface area (Å²) in [5.74, 6) is 0.551. The van der Waals surface area contributed by atoms with Gasteiger partial charge in [0, 0.05) is 42.6 Å². The predicted molar refractivity (Wildman–Crippen MR) is 106 cm³/mol. The van der Waals surface area contributed by atoms with Crippen molar-refractivity contribution >= 4 is 28.9 Å². The first-order chi connectivity index (χ1) is 13.1. The lowest BCUT2D eigenvalue weighted by atomic mass is 10.1. The van der Waals surface area contributed by atoms with Crippen LogP contribution in [0.4, 0.5) is 0 Å². The van der Waals surface area contributed by atoms with Crippen LogP contribution in [0.3, 0.4) is 0 Å². The van der Waals surface area contributed by atoms with Crippen molar-refractivity contribution in [1.82, 2.24) is 10.6 Å². The van der Waals surface area contributed by atoms with Crippen molar-refractivity contribution in [1.29, 1.82) is 0 Å². The Morgan fingerprint density at radius 2 is 1.81 bits per heavy atom. The second kappa shape index (κ2) is 8.36. The lowest BCUT2D eigenvalue weighted by molar-refractivity contribution is -0.116. The molecule has 0 saturated carbocycles. The van der Waals surface area contributed by atoms with E-state index in [1.807, 2.05) is 43.3 Å². The lowest BCUT2D eigenvalue weighted by Crippen LogP contribution is -2.20. The molecule has 0 aliphatic carbocycles. The third kappa shape index (κ3) is 4.26. The summed E-state index contributed by atoms with van der Waals surface area (Å²) in [6.45, 7) is 2.42. The average Bonchev–Trinajstić information content (AvgIpc) is 3.08. The third-order valence-electron chi connectivity index (χ3n) is 4.34. The molecule has 2 amide bonds. The second-order valence-electron chi connectivity index (χ2n) is 6.12. The molecule has 3 aromatic rings. The van der Waals surface area contributed by atoms with Crippen molar-refractivity contribution in [2.45, 2.75) is 19.9 Å². The summed E-state index contributed by atoms with van der Waals surface area (Å²) in [6, 6.07) is 14.9. The molecule has 0 aliphatic heterocycles. The smallest absolute Gasteiger partial charge is 0.251 e. The molecule has 0 saturated heterocycles. The van der Waals surface area contributed by atoms with Gasteiger partial charge in [0.2, 0.25) is 5.91 Å². The Hall–Kier alpha value is -3.34. The molecule has 0 aliphatic rings. The maximum Gasteiger partial charge on any atom is 0.251 e. The molecule has 3 rings (SSSR count). The number of rotatable bonds is 6. The lowest BCUT2D eigenvalue weighted by Gasteiger charge is -2.04. The fraction of sp³-hybridized carbons (Fsp3) is 0.182. The van der Waals surface area contributed by atoms with E-state index in [9.17, 15) is 9.59 Å². The Morgan fingerprint density at radius 3 is 2.52 bits per heavy atom. The van der Waals surface area contributed by atoms with Crippen LogP contribution in [0.25, 0.3) is 17.0 Å². The number of carbonyl (C=O) groups excluding carboxylic acids is 2. The molecule has 0 radical (unpaired) electrons. The number of aryl methyl sites for hydroxylation is 1. The Balaban J connectivity index is 1.65. The summed E-state index contributed by atoms with van der Waals surface area (Å²) >= 11 is 0. The molecule has 1 heterocycles. The van der Waals surface area contributed by atoms with Gasteiger partial charge in [-0.25, -0.2) is 0 Å². The van der Waals surface area contributed by atoms with Crippen molar-refractivity contribution in [2.75, 3.05) is 7.05 Å². The number of para-hydroxylation sites is 1. The summed E-state index contributed by atoms with van der Waals surface area (Å²) in [7, 11) is 1.59. The minimum Gasteiger partial charge on any atom is -0.460 e. The minimum atomic E-state index is -0.183. The largest absolute Gasteiger partial charge is 0.460 e. The monoisotopic (exact) mass is 362 g/mol. The standard InChI is InChI=1S/C22H22N2O3/c1-3-19-18(17-6-4-5-7-20(17)27-19)12-13-21(25)24-14-15-8-10-16(11-9-15)22(26)23-2/h4-13H,3,14H2,1-2H3,(H,23,26)(H,24,25)/b13-12+. The Bertz CT molecular complexity index is 984. The normalized spacial score (nSPS) is 11.0. The van der Waals surface area contributed by atoms with Gasteiger partial charge < -0.3 is 15.1 Å². The summed E-state index contributed by atoms with van der Waals surface area (Å²) in [6.07, 6.45) is 4.08. The van der Waals surface area contributed by atoms with Crippen LogP contribution in [-0.4, -0.2) is 18.9 Å². The van der Waals surface area contributed by atoms with Gasteiger partial charge in [-0.1, -0.05) is 37.3 Å². The van der Waals surface area contributed by atoms with Crippen molar-refractivity contribution < 1.29 is 14.0 Å². The van der Waals surface area contributed by atoms with Crippen LogP contribution in [0.2, 0.25) is 0 Å². The number of amides is 2. The number of benzene rings is 2. The Kier molecular flexibility index (Phi) is 5.71. The quantitative estimate of drug-likeness (QED) is 0.657. The number of fused-ring (bicyclic) bond motifs is 1. The predicted octanol–water partition coefficient (Wildman–Crippen LogP) is 3.68. The molecule has 5 heteroatoms. The summed E-state index contributed by atoms with van der Waals surface area (Å²) in [5, 5.41) is 6.43. The Labute approximate surface area is 158 Å². The van der Waals surface area contributed by atoms with E-state index in [2.05, 4.69) is 10.6 Å². The van der Waals surface area contributed by atoms with Crippen LogP contribution in [0, 0.1) is 0 Å². The highest BCUT2D eigenvalue weighted by molar-refractivity contribution is 5.96. The maximum atomic E-state index is 12.2. The maximum absolute atomic E-state index is 12.2. The second-order valence-corrected chi connectivity index (χ2v) is 6.12. The molecule has 138 valence electrons. The van der Waals surface area contributed by atoms with E-state index in [1.54, 1.807) is 25.3 Å². The van der Waals surface area contributed by atoms with Gasteiger partial charge >= 0.3 is 0 Å². The molecule has 2 aromatic carbocycles. The van der Waals surface area contributed by atoms with Crippen LogP contribution in [0.15, 0.2) is 59.0 Å². The highest BCUT2D eigenvalue weighted by Gasteiger charge is 2.10. The SMILES string of the molecule is CCc1oc2ccccc2c1/C=C/C(=O)NCc1ccc(C(=O)NC)cc1. The highest BCUT2D eigenvalue weighted by atomic mass is 16.3. The number of carbonyl (C=O) groups is 2. The first kappa shape index (κ1) is 18.5. The van der Waals surface area contributed by atoms with Gasteiger partial charge in [-0.05, 0) is 29.8 Å². The first-order valence-electron chi connectivity index (χ1n) is 8.89. The molecule has 27 heavy (non-hydrogen) atoms. The van der Waals surface area contributed by atoms with Crippen LogP contribution in [0.1, 0.15) is 34.2 Å². The molecular formula is C22H22N2O3. The van der Waals surface area contributed by atoms with E-state index in [-0.39, 0.29) is 11.8 Å². The molecule has 1 aromatic heterocycles. The van der Waals surface area contributed by atoms with Crippen molar-refractivity contribution in [3.8, 4) is 0 Å². The van der Waals surface area contributed by atoms with Crippen LogP contribution in [0.5, 0.6) is 0 Å². The molecule has 5 nitrogen and oxygen atoms in total. The van der Waals surface area contributed by atoms with Gasteiger partial charge in [0.15, 0.2) is 0 Å². The zero-order valence-electron chi connectivity index (χ0n) is 15.4.